The Kier molecular flexibility index (Phi) is 5.97. The fourth-order valence-electron chi connectivity index (χ4n) is 4.21. The SMILES string of the molecule is O=C(CN1C(=O)CN=C(c2ccc(Br)cc2)c2c1sc1c2CCCC1)NCc1ccco1. The van der Waals surface area contributed by atoms with Gasteiger partial charge in [0.1, 0.15) is 23.9 Å². The maximum absolute atomic E-state index is 13.1. The van der Waals surface area contributed by atoms with Gasteiger partial charge in [0.15, 0.2) is 0 Å². The fraction of sp³-hybridized carbons (Fsp3) is 0.292. The molecule has 0 unspecified atom stereocenters. The van der Waals surface area contributed by atoms with Gasteiger partial charge in [0.25, 0.3) is 0 Å². The summed E-state index contributed by atoms with van der Waals surface area (Å²) in [5, 5.41) is 3.69. The summed E-state index contributed by atoms with van der Waals surface area (Å²) in [7, 11) is 0. The molecule has 5 rings (SSSR count). The minimum absolute atomic E-state index is 0.0209. The molecule has 1 aromatic carbocycles. The highest BCUT2D eigenvalue weighted by atomic mass is 79.9. The Morgan fingerprint density at radius 2 is 2.00 bits per heavy atom. The summed E-state index contributed by atoms with van der Waals surface area (Å²) in [4.78, 5) is 33.5. The number of aliphatic imine (C=N–C) groups is 1. The Morgan fingerprint density at radius 1 is 1.19 bits per heavy atom. The predicted molar refractivity (Wildman–Crippen MR) is 129 cm³/mol. The molecular formula is C24H22BrN3O3S. The zero-order valence-electron chi connectivity index (χ0n) is 17.4. The molecule has 3 aromatic rings. The number of anilines is 1. The summed E-state index contributed by atoms with van der Waals surface area (Å²) in [5.41, 5.74) is 4.14. The standard InChI is InChI=1S/C24H22BrN3O3S/c25-16-9-7-15(8-10-16)23-22-18-5-1-2-6-19(18)32-24(22)28(21(30)13-27-23)14-20(29)26-12-17-4-3-11-31-17/h3-4,7-11H,1-2,5-6,12-14H2,(H,26,29). The molecule has 0 atom stereocenters. The number of fused-ring (bicyclic) bond motifs is 3. The second kappa shape index (κ2) is 9.03. The van der Waals surface area contributed by atoms with E-state index in [4.69, 9.17) is 9.41 Å². The molecule has 8 heteroatoms. The van der Waals surface area contributed by atoms with Crippen LogP contribution in [0, 0.1) is 0 Å². The van der Waals surface area contributed by atoms with Gasteiger partial charge in [0.2, 0.25) is 11.8 Å². The number of hydrogen-bond acceptors (Lipinski definition) is 5. The number of furan rings is 1. The lowest BCUT2D eigenvalue weighted by molar-refractivity contribution is -0.123. The maximum atomic E-state index is 13.1. The zero-order valence-corrected chi connectivity index (χ0v) is 19.8. The van der Waals surface area contributed by atoms with E-state index in [1.807, 2.05) is 24.3 Å². The summed E-state index contributed by atoms with van der Waals surface area (Å²) in [6, 6.07) is 11.6. The van der Waals surface area contributed by atoms with E-state index >= 15 is 0 Å². The molecule has 164 valence electrons. The smallest absolute Gasteiger partial charge is 0.249 e. The van der Waals surface area contributed by atoms with Gasteiger partial charge in [-0.15, -0.1) is 11.3 Å². The van der Waals surface area contributed by atoms with Crippen LogP contribution in [-0.4, -0.2) is 30.6 Å². The number of halogens is 1. The van der Waals surface area contributed by atoms with E-state index in [-0.39, 0.29) is 24.9 Å². The number of carbonyl (C=O) groups excluding carboxylic acids is 2. The third kappa shape index (κ3) is 4.17. The van der Waals surface area contributed by atoms with Crippen molar-refractivity contribution in [1.82, 2.24) is 5.32 Å². The van der Waals surface area contributed by atoms with Crippen molar-refractivity contribution < 1.29 is 14.0 Å². The van der Waals surface area contributed by atoms with Crippen molar-refractivity contribution in [2.45, 2.75) is 32.2 Å². The van der Waals surface area contributed by atoms with E-state index in [2.05, 4.69) is 21.2 Å². The van der Waals surface area contributed by atoms with Gasteiger partial charge in [-0.05, 0) is 55.5 Å². The number of benzene rings is 1. The van der Waals surface area contributed by atoms with Crippen LogP contribution >= 0.6 is 27.3 Å². The van der Waals surface area contributed by atoms with Crippen LogP contribution in [-0.2, 0) is 29.0 Å². The van der Waals surface area contributed by atoms with E-state index < -0.39 is 0 Å². The molecular weight excluding hydrogens is 490 g/mol. The van der Waals surface area contributed by atoms with E-state index in [0.29, 0.717) is 12.3 Å². The highest BCUT2D eigenvalue weighted by Gasteiger charge is 2.33. The Balaban J connectivity index is 1.49. The minimum atomic E-state index is -0.223. The summed E-state index contributed by atoms with van der Waals surface area (Å²) >= 11 is 5.13. The molecule has 2 aromatic heterocycles. The van der Waals surface area contributed by atoms with Crippen LogP contribution in [0.5, 0.6) is 0 Å². The lowest BCUT2D eigenvalue weighted by Gasteiger charge is -2.20. The van der Waals surface area contributed by atoms with Gasteiger partial charge in [-0.2, -0.15) is 0 Å². The molecule has 2 aliphatic rings. The number of nitrogens with one attached hydrogen (secondary N) is 1. The molecule has 2 amide bonds. The molecule has 0 saturated carbocycles. The van der Waals surface area contributed by atoms with Crippen molar-refractivity contribution in [1.29, 1.82) is 0 Å². The van der Waals surface area contributed by atoms with Gasteiger partial charge < -0.3 is 9.73 Å². The van der Waals surface area contributed by atoms with Gasteiger partial charge in [-0.25, -0.2) is 0 Å². The van der Waals surface area contributed by atoms with Crippen molar-refractivity contribution in [3.05, 3.63) is 74.5 Å². The highest BCUT2D eigenvalue weighted by molar-refractivity contribution is 9.10. The Hall–Kier alpha value is -2.71. The van der Waals surface area contributed by atoms with Crippen LogP contribution in [0.15, 0.2) is 56.5 Å². The van der Waals surface area contributed by atoms with Crippen molar-refractivity contribution >= 4 is 49.8 Å². The molecule has 0 spiro atoms. The van der Waals surface area contributed by atoms with Crippen molar-refractivity contribution in [2.75, 3.05) is 18.0 Å². The van der Waals surface area contributed by atoms with Gasteiger partial charge in [-0.1, -0.05) is 28.1 Å². The first kappa shape index (κ1) is 21.2. The van der Waals surface area contributed by atoms with Crippen LogP contribution < -0.4 is 10.2 Å². The van der Waals surface area contributed by atoms with Gasteiger partial charge in [0, 0.05) is 20.5 Å². The van der Waals surface area contributed by atoms with E-state index in [1.165, 1.54) is 10.4 Å². The highest BCUT2D eigenvalue weighted by Crippen LogP contribution is 2.42. The first-order valence-corrected chi connectivity index (χ1v) is 12.3. The van der Waals surface area contributed by atoms with Crippen molar-refractivity contribution in [2.24, 2.45) is 4.99 Å². The molecule has 1 N–H and O–H groups in total. The number of hydrogen-bond donors (Lipinski definition) is 1. The fourth-order valence-corrected chi connectivity index (χ4v) is 5.88. The number of thiophene rings is 1. The summed E-state index contributed by atoms with van der Waals surface area (Å²) in [5.74, 6) is 0.290. The minimum Gasteiger partial charge on any atom is -0.467 e. The monoisotopic (exact) mass is 511 g/mol. The maximum Gasteiger partial charge on any atom is 0.249 e. The van der Waals surface area contributed by atoms with Gasteiger partial charge in [0.05, 0.1) is 18.5 Å². The number of carbonyl (C=O) groups is 2. The number of aryl methyl sites for hydroxylation is 1. The molecule has 1 aliphatic carbocycles. The second-order valence-electron chi connectivity index (χ2n) is 7.90. The van der Waals surface area contributed by atoms with Crippen molar-refractivity contribution in [3.8, 4) is 0 Å². The average Bonchev–Trinajstić information content (AvgIpc) is 3.43. The van der Waals surface area contributed by atoms with Gasteiger partial charge in [-0.3, -0.25) is 19.5 Å². The van der Waals surface area contributed by atoms with Crippen LogP contribution in [0.4, 0.5) is 5.00 Å². The normalized spacial score (nSPS) is 15.6. The Morgan fingerprint density at radius 3 is 2.78 bits per heavy atom. The van der Waals surface area contributed by atoms with Crippen molar-refractivity contribution in [3.63, 3.8) is 0 Å². The molecule has 6 nitrogen and oxygen atoms in total. The summed E-state index contributed by atoms with van der Waals surface area (Å²) in [6.45, 7) is 0.282. The molecule has 1 aliphatic heterocycles. The van der Waals surface area contributed by atoms with Crippen LogP contribution in [0.3, 0.4) is 0 Å². The molecule has 0 fully saturated rings. The van der Waals surface area contributed by atoms with E-state index in [0.717, 1.165) is 52.0 Å². The quantitative estimate of drug-likeness (QED) is 0.548. The average molecular weight is 512 g/mol. The lowest BCUT2D eigenvalue weighted by Crippen LogP contribution is -2.41. The first-order valence-electron chi connectivity index (χ1n) is 10.6. The largest absolute Gasteiger partial charge is 0.467 e. The molecule has 0 bridgehead atoms. The predicted octanol–water partition coefficient (Wildman–Crippen LogP) is 4.48. The summed E-state index contributed by atoms with van der Waals surface area (Å²) < 4.78 is 6.28. The first-order chi connectivity index (χ1) is 15.6. The molecule has 3 heterocycles. The van der Waals surface area contributed by atoms with E-state index in [9.17, 15) is 9.59 Å². The van der Waals surface area contributed by atoms with Gasteiger partial charge >= 0.3 is 0 Å². The molecule has 32 heavy (non-hydrogen) atoms. The van der Waals surface area contributed by atoms with Crippen LogP contribution in [0.2, 0.25) is 0 Å². The molecule has 0 saturated heterocycles. The van der Waals surface area contributed by atoms with Crippen LogP contribution in [0.1, 0.15) is 40.2 Å². The number of rotatable bonds is 5. The topological polar surface area (TPSA) is 74.9 Å². The third-order valence-electron chi connectivity index (χ3n) is 5.77. The third-order valence-corrected chi connectivity index (χ3v) is 7.61. The summed E-state index contributed by atoms with van der Waals surface area (Å²) in [6.07, 6.45) is 5.83. The number of amides is 2. The Labute approximate surface area is 198 Å². The second-order valence-corrected chi connectivity index (χ2v) is 9.90. The molecule has 0 radical (unpaired) electrons. The lowest BCUT2D eigenvalue weighted by atomic mass is 9.91. The van der Waals surface area contributed by atoms with Crippen LogP contribution in [0.25, 0.3) is 0 Å². The van der Waals surface area contributed by atoms with E-state index in [1.54, 1.807) is 34.6 Å². The zero-order chi connectivity index (χ0) is 22.1. The number of nitrogens with zero attached hydrogens (tertiary/aromatic N) is 2. The Bertz CT molecular complexity index is 1180.